The van der Waals surface area contributed by atoms with Crippen molar-refractivity contribution in [2.45, 2.75) is 26.8 Å². The first-order valence-electron chi connectivity index (χ1n) is 7.77. The van der Waals surface area contributed by atoms with Crippen LogP contribution >= 0.6 is 0 Å². The number of carbonyl (C=O) groups excluding carboxylic acids is 2. The Morgan fingerprint density at radius 3 is 2.35 bits per heavy atom. The number of hydrogen-bond acceptors (Lipinski definition) is 4. The number of amides is 2. The number of fused-ring (bicyclic) bond motifs is 1. The third-order valence-corrected chi connectivity index (χ3v) is 3.87. The zero-order chi connectivity index (χ0) is 17.0. The molecule has 0 atom stereocenters. The molecule has 1 aromatic rings. The van der Waals surface area contributed by atoms with Crippen LogP contribution in [-0.4, -0.2) is 44.0 Å². The highest BCUT2D eigenvalue weighted by Crippen LogP contribution is 2.33. The first kappa shape index (κ1) is 17.1. The molecule has 1 heterocycles. The van der Waals surface area contributed by atoms with Gasteiger partial charge in [-0.2, -0.15) is 0 Å². The van der Waals surface area contributed by atoms with Crippen molar-refractivity contribution in [3.05, 3.63) is 23.3 Å². The maximum absolute atomic E-state index is 12.3. The molecule has 0 spiro atoms. The summed E-state index contributed by atoms with van der Waals surface area (Å²) < 4.78 is 10.6. The van der Waals surface area contributed by atoms with E-state index in [0.717, 1.165) is 11.1 Å². The number of methoxy groups -OCH3 is 2. The molecule has 126 valence electrons. The lowest BCUT2D eigenvalue weighted by atomic mass is 9.98. The van der Waals surface area contributed by atoms with Gasteiger partial charge >= 0.3 is 11.8 Å². The van der Waals surface area contributed by atoms with Crippen LogP contribution in [-0.2, 0) is 22.6 Å². The molecule has 0 unspecified atom stereocenters. The van der Waals surface area contributed by atoms with E-state index in [1.807, 2.05) is 26.0 Å². The molecule has 0 aromatic heterocycles. The minimum atomic E-state index is -0.539. The fourth-order valence-electron chi connectivity index (χ4n) is 2.57. The summed E-state index contributed by atoms with van der Waals surface area (Å²) in [4.78, 5) is 25.8. The minimum Gasteiger partial charge on any atom is -0.493 e. The molecule has 2 rings (SSSR count). The maximum Gasteiger partial charge on any atom is 0.312 e. The van der Waals surface area contributed by atoms with Crippen LogP contribution in [0.5, 0.6) is 11.5 Å². The number of rotatable bonds is 4. The number of nitrogens with one attached hydrogen (secondary N) is 1. The molecule has 1 aliphatic rings. The van der Waals surface area contributed by atoms with Crippen LogP contribution in [0.2, 0.25) is 0 Å². The van der Waals surface area contributed by atoms with E-state index in [-0.39, 0.29) is 0 Å². The van der Waals surface area contributed by atoms with E-state index in [2.05, 4.69) is 5.32 Å². The quantitative estimate of drug-likeness (QED) is 0.851. The van der Waals surface area contributed by atoms with Gasteiger partial charge in [-0.15, -0.1) is 0 Å². The Labute approximate surface area is 136 Å². The van der Waals surface area contributed by atoms with Gasteiger partial charge in [-0.25, -0.2) is 0 Å². The summed E-state index contributed by atoms with van der Waals surface area (Å²) in [7, 11) is 3.18. The first-order valence-corrected chi connectivity index (χ1v) is 7.77. The first-order chi connectivity index (χ1) is 11.0. The van der Waals surface area contributed by atoms with Gasteiger partial charge < -0.3 is 19.7 Å². The van der Waals surface area contributed by atoms with Crippen molar-refractivity contribution in [3.8, 4) is 11.5 Å². The minimum absolute atomic E-state index is 0.311. The van der Waals surface area contributed by atoms with Gasteiger partial charge in [0.1, 0.15) is 0 Å². The Hall–Kier alpha value is -2.24. The second-order valence-corrected chi connectivity index (χ2v) is 6.06. The predicted molar refractivity (Wildman–Crippen MR) is 86.5 cm³/mol. The van der Waals surface area contributed by atoms with Crippen LogP contribution in [0.4, 0.5) is 0 Å². The third-order valence-electron chi connectivity index (χ3n) is 3.87. The van der Waals surface area contributed by atoms with Gasteiger partial charge in [0.05, 0.1) is 14.2 Å². The highest BCUT2D eigenvalue weighted by Gasteiger charge is 2.26. The monoisotopic (exact) mass is 320 g/mol. The lowest BCUT2D eigenvalue weighted by Gasteiger charge is -2.29. The SMILES string of the molecule is COc1cc2c(cc1OC)CN(C(=O)C(=O)NCC(C)C)CC2. The number of carbonyl (C=O) groups is 2. The van der Waals surface area contributed by atoms with Crippen LogP contribution in [0.25, 0.3) is 0 Å². The molecule has 0 bridgehead atoms. The van der Waals surface area contributed by atoms with E-state index in [0.29, 0.717) is 43.5 Å². The molecule has 1 N–H and O–H groups in total. The Morgan fingerprint density at radius 2 is 1.78 bits per heavy atom. The molecule has 6 heteroatoms. The van der Waals surface area contributed by atoms with Crippen LogP contribution in [0.15, 0.2) is 12.1 Å². The van der Waals surface area contributed by atoms with Crippen molar-refractivity contribution < 1.29 is 19.1 Å². The molecular formula is C17H24N2O4. The lowest BCUT2D eigenvalue weighted by molar-refractivity contribution is -0.146. The zero-order valence-electron chi connectivity index (χ0n) is 14.1. The molecule has 0 saturated heterocycles. The molecule has 0 saturated carbocycles. The Balaban J connectivity index is 2.10. The van der Waals surface area contributed by atoms with Gasteiger partial charge in [0.25, 0.3) is 0 Å². The molecule has 0 radical (unpaired) electrons. The molecule has 1 aromatic carbocycles. The van der Waals surface area contributed by atoms with Crippen molar-refractivity contribution in [2.75, 3.05) is 27.3 Å². The molecule has 1 aliphatic heterocycles. The highest BCUT2D eigenvalue weighted by molar-refractivity contribution is 6.35. The summed E-state index contributed by atoms with van der Waals surface area (Å²) in [5.41, 5.74) is 2.10. The van der Waals surface area contributed by atoms with E-state index >= 15 is 0 Å². The van der Waals surface area contributed by atoms with Crippen molar-refractivity contribution in [3.63, 3.8) is 0 Å². The maximum atomic E-state index is 12.3. The summed E-state index contributed by atoms with van der Waals surface area (Å²) >= 11 is 0. The smallest absolute Gasteiger partial charge is 0.312 e. The Kier molecular flexibility index (Phi) is 5.47. The fourth-order valence-corrected chi connectivity index (χ4v) is 2.57. The Bertz CT molecular complexity index is 599. The molecular weight excluding hydrogens is 296 g/mol. The molecule has 0 fully saturated rings. The van der Waals surface area contributed by atoms with Gasteiger partial charge in [0.15, 0.2) is 11.5 Å². The standard InChI is InChI=1S/C17H24N2O4/c1-11(2)9-18-16(20)17(21)19-6-5-12-7-14(22-3)15(23-4)8-13(12)10-19/h7-8,11H,5-6,9-10H2,1-4H3,(H,18,20). The Morgan fingerprint density at radius 1 is 1.17 bits per heavy atom. The summed E-state index contributed by atoms with van der Waals surface area (Å²) in [6.45, 7) is 5.41. The molecule has 2 amide bonds. The van der Waals surface area contributed by atoms with Crippen LogP contribution < -0.4 is 14.8 Å². The highest BCUT2D eigenvalue weighted by atomic mass is 16.5. The number of ether oxygens (including phenoxy) is 2. The van der Waals surface area contributed by atoms with Gasteiger partial charge in [-0.1, -0.05) is 13.8 Å². The lowest BCUT2D eigenvalue weighted by Crippen LogP contribution is -2.45. The van der Waals surface area contributed by atoms with Crippen LogP contribution in [0.3, 0.4) is 0 Å². The molecule has 6 nitrogen and oxygen atoms in total. The van der Waals surface area contributed by atoms with Crippen LogP contribution in [0.1, 0.15) is 25.0 Å². The average Bonchev–Trinajstić information content (AvgIpc) is 2.56. The third kappa shape index (κ3) is 3.94. The van der Waals surface area contributed by atoms with Crippen molar-refractivity contribution in [1.82, 2.24) is 10.2 Å². The van der Waals surface area contributed by atoms with Crippen molar-refractivity contribution >= 4 is 11.8 Å². The normalized spacial score (nSPS) is 13.5. The summed E-state index contributed by atoms with van der Waals surface area (Å²) in [5.74, 6) is 0.602. The second-order valence-electron chi connectivity index (χ2n) is 6.06. The van der Waals surface area contributed by atoms with Gasteiger partial charge in [-0.05, 0) is 35.6 Å². The topological polar surface area (TPSA) is 67.9 Å². The number of nitrogens with zero attached hydrogens (tertiary/aromatic N) is 1. The second kappa shape index (κ2) is 7.35. The van der Waals surface area contributed by atoms with Crippen LogP contribution in [0, 0.1) is 5.92 Å². The number of benzene rings is 1. The van der Waals surface area contributed by atoms with E-state index in [4.69, 9.17) is 9.47 Å². The van der Waals surface area contributed by atoms with E-state index in [9.17, 15) is 9.59 Å². The van der Waals surface area contributed by atoms with Gasteiger partial charge in [0, 0.05) is 19.6 Å². The average molecular weight is 320 g/mol. The van der Waals surface area contributed by atoms with Crippen molar-refractivity contribution in [2.24, 2.45) is 5.92 Å². The summed E-state index contributed by atoms with van der Waals surface area (Å²) in [6.07, 6.45) is 0.693. The molecule has 23 heavy (non-hydrogen) atoms. The molecule has 0 aliphatic carbocycles. The van der Waals surface area contributed by atoms with E-state index in [1.54, 1.807) is 19.1 Å². The summed E-state index contributed by atoms with van der Waals surface area (Å²) in [6, 6.07) is 3.81. The van der Waals surface area contributed by atoms with Gasteiger partial charge in [0.2, 0.25) is 0 Å². The number of hydrogen-bond donors (Lipinski definition) is 1. The fraction of sp³-hybridized carbons (Fsp3) is 0.529. The van der Waals surface area contributed by atoms with Crippen molar-refractivity contribution in [1.29, 1.82) is 0 Å². The zero-order valence-corrected chi connectivity index (χ0v) is 14.1. The van der Waals surface area contributed by atoms with Gasteiger partial charge in [-0.3, -0.25) is 9.59 Å². The van der Waals surface area contributed by atoms with E-state index < -0.39 is 11.8 Å². The predicted octanol–water partition coefficient (Wildman–Crippen LogP) is 1.36. The largest absolute Gasteiger partial charge is 0.493 e. The van der Waals surface area contributed by atoms with E-state index in [1.165, 1.54) is 0 Å². The summed E-state index contributed by atoms with van der Waals surface area (Å²) in [5, 5.41) is 2.67.